The van der Waals surface area contributed by atoms with Gasteiger partial charge in [-0.3, -0.25) is 4.79 Å². The largest absolute Gasteiger partial charge is 0.341 e. The van der Waals surface area contributed by atoms with Gasteiger partial charge in [-0.25, -0.2) is 19.3 Å². The van der Waals surface area contributed by atoms with E-state index >= 15 is 4.39 Å². The van der Waals surface area contributed by atoms with Crippen molar-refractivity contribution in [3.8, 4) is 17.2 Å². The maximum absolute atomic E-state index is 16.8. The molecule has 1 amide bonds. The molecule has 3 fully saturated rings. The van der Waals surface area contributed by atoms with Gasteiger partial charge in [-0.05, 0) is 62.4 Å². The molecule has 2 N–H and O–H groups in total. The molecule has 3 aliphatic rings. The summed E-state index contributed by atoms with van der Waals surface area (Å²) in [7, 11) is 0. The topological polar surface area (TPSA) is 109 Å². The second-order valence-electron chi connectivity index (χ2n) is 11.5. The lowest BCUT2D eigenvalue weighted by molar-refractivity contribution is 0.0926. The van der Waals surface area contributed by atoms with Gasteiger partial charge in [-0.15, -0.1) is 0 Å². The Bertz CT molecular complexity index is 1990. The first-order chi connectivity index (χ1) is 21.3. The number of halogens is 3. The summed E-state index contributed by atoms with van der Waals surface area (Å²) >= 11 is 12.9. The second kappa shape index (κ2) is 11.1. The van der Waals surface area contributed by atoms with Crippen LogP contribution in [0.2, 0.25) is 10.0 Å². The van der Waals surface area contributed by atoms with E-state index in [1.54, 1.807) is 24.3 Å². The fraction of sp³-hybridized carbons (Fsp3) is 0.303. The molecule has 44 heavy (non-hydrogen) atoms. The van der Waals surface area contributed by atoms with Gasteiger partial charge >= 0.3 is 0 Å². The number of nitriles is 1. The van der Waals surface area contributed by atoms with Crippen molar-refractivity contribution in [2.45, 2.75) is 51.2 Å². The molecule has 0 spiro atoms. The average molecular weight is 629 g/mol. The summed E-state index contributed by atoms with van der Waals surface area (Å²) in [6, 6.07) is 13.0. The molecule has 2 aromatic carbocycles. The van der Waals surface area contributed by atoms with Crippen LogP contribution in [-0.4, -0.2) is 38.0 Å². The number of nitrogens with zero attached hydrogens (tertiary/aromatic N) is 5. The van der Waals surface area contributed by atoms with Gasteiger partial charge in [0, 0.05) is 64.7 Å². The van der Waals surface area contributed by atoms with E-state index in [0.29, 0.717) is 45.1 Å². The fourth-order valence-corrected chi connectivity index (χ4v) is 7.32. The first-order valence-electron chi connectivity index (χ1n) is 14.6. The van der Waals surface area contributed by atoms with E-state index in [1.807, 2.05) is 19.9 Å². The molecule has 3 aromatic heterocycles. The van der Waals surface area contributed by atoms with Crippen LogP contribution in [0.1, 0.15) is 59.4 Å². The van der Waals surface area contributed by atoms with Gasteiger partial charge in [0.1, 0.15) is 5.52 Å². The Balaban J connectivity index is 1.48. The van der Waals surface area contributed by atoms with Crippen LogP contribution < -0.4 is 10.6 Å². The van der Waals surface area contributed by atoms with Crippen molar-refractivity contribution < 1.29 is 9.18 Å². The van der Waals surface area contributed by atoms with Crippen LogP contribution in [0.5, 0.6) is 0 Å². The number of rotatable bonds is 7. The molecule has 0 unspecified atom stereocenters. The van der Waals surface area contributed by atoms with Crippen LogP contribution in [-0.2, 0) is 6.42 Å². The minimum absolute atomic E-state index is 0.0899. The molecule has 1 saturated carbocycles. The minimum atomic E-state index is -0.504. The third-order valence-electron chi connectivity index (χ3n) is 8.99. The van der Waals surface area contributed by atoms with E-state index < -0.39 is 11.9 Å². The number of nitrogens with one attached hydrogen (secondary N) is 2. The minimum Gasteiger partial charge on any atom is -0.341 e. The summed E-state index contributed by atoms with van der Waals surface area (Å²) < 4.78 is 19.1. The molecule has 5 aromatic rings. The Morgan fingerprint density at radius 3 is 2.73 bits per heavy atom. The SMILES string of the molecule is Cc1nc2c(F)c(-c3cccc(Cl)c3Cl)c(CCC#N)cc2c2c1cc([C@@H](C)NC(=O)c1ncccn1)n2[C@H]1[C@H]2CN[C@@H]1C2. The molecule has 1 aliphatic carbocycles. The summed E-state index contributed by atoms with van der Waals surface area (Å²) in [5, 5.41) is 18.2. The van der Waals surface area contributed by atoms with Gasteiger partial charge in [0.2, 0.25) is 5.82 Å². The Hall–Kier alpha value is -4.10. The number of hydrogen-bond donors (Lipinski definition) is 2. The molecule has 222 valence electrons. The number of hydrogen-bond acceptors (Lipinski definition) is 6. The number of amides is 1. The summed E-state index contributed by atoms with van der Waals surface area (Å²) in [6.45, 7) is 4.70. The van der Waals surface area contributed by atoms with Crippen molar-refractivity contribution in [3.05, 3.63) is 87.4 Å². The lowest BCUT2D eigenvalue weighted by atomic mass is 9.79. The van der Waals surface area contributed by atoms with Crippen molar-refractivity contribution in [2.24, 2.45) is 5.92 Å². The Morgan fingerprint density at radius 1 is 1.23 bits per heavy atom. The number of carbonyl (C=O) groups is 1. The monoisotopic (exact) mass is 627 g/mol. The van der Waals surface area contributed by atoms with Crippen molar-refractivity contribution in [1.29, 1.82) is 5.26 Å². The highest BCUT2D eigenvalue weighted by Gasteiger charge is 2.49. The highest BCUT2D eigenvalue weighted by atomic mass is 35.5. The number of benzene rings is 2. The van der Waals surface area contributed by atoms with E-state index in [2.05, 4.69) is 37.3 Å². The van der Waals surface area contributed by atoms with Gasteiger partial charge in [0.05, 0.1) is 33.7 Å². The maximum atomic E-state index is 16.8. The fourth-order valence-electron chi connectivity index (χ4n) is 6.93. The van der Waals surface area contributed by atoms with E-state index in [1.165, 1.54) is 12.4 Å². The number of carbonyl (C=O) groups excluding carboxylic acids is 1. The smallest absolute Gasteiger partial charge is 0.289 e. The predicted molar refractivity (Wildman–Crippen MR) is 168 cm³/mol. The third-order valence-corrected chi connectivity index (χ3v) is 9.81. The zero-order valence-corrected chi connectivity index (χ0v) is 25.5. The van der Waals surface area contributed by atoms with Crippen LogP contribution in [0.15, 0.2) is 48.8 Å². The molecular formula is C33H28Cl2FN7O. The molecule has 2 aliphatic heterocycles. The molecule has 8 nitrogen and oxygen atoms in total. The standard InChI is InChI=1S/C33H28Cl2FN7O/c1-16-21-14-25(17(2)42-33(44)32-38-10-5-11-39-32)43(30-19-13-24(30)40-15-19)31(21)22-12-18(6-4-9-37)26(28(36)29(22)41-16)20-7-3-8-23(34)27(20)35/h3,5,7-8,10-12,14,17,19,24,30,40H,4,6,13,15H2,1-2H3,(H,42,44)/t17-,19-,24-,30+/m1/s1. The Kier molecular flexibility index (Phi) is 7.24. The average Bonchev–Trinajstić information content (AvgIpc) is 3.76. The lowest BCUT2D eigenvalue weighted by Crippen LogP contribution is -2.40. The molecular weight excluding hydrogens is 600 g/mol. The maximum Gasteiger partial charge on any atom is 0.289 e. The van der Waals surface area contributed by atoms with Gasteiger partial charge in [0.25, 0.3) is 5.91 Å². The molecule has 8 rings (SSSR count). The van der Waals surface area contributed by atoms with Crippen molar-refractivity contribution in [2.75, 3.05) is 6.54 Å². The second-order valence-corrected chi connectivity index (χ2v) is 12.3. The molecule has 0 radical (unpaired) electrons. The summed E-state index contributed by atoms with van der Waals surface area (Å²) in [4.78, 5) is 26.1. The summed E-state index contributed by atoms with van der Waals surface area (Å²) in [6.07, 6.45) is 4.65. The predicted octanol–water partition coefficient (Wildman–Crippen LogP) is 6.88. The molecule has 4 atom stereocenters. The van der Waals surface area contributed by atoms with Gasteiger partial charge in [-0.2, -0.15) is 5.26 Å². The summed E-state index contributed by atoms with van der Waals surface area (Å²) in [5.74, 6) is -0.383. The van der Waals surface area contributed by atoms with E-state index in [0.717, 1.165) is 29.6 Å². The van der Waals surface area contributed by atoms with Gasteiger partial charge in [-0.1, -0.05) is 35.3 Å². The Morgan fingerprint density at radius 2 is 2.02 bits per heavy atom. The van der Waals surface area contributed by atoms with E-state index in [9.17, 15) is 10.1 Å². The normalized spacial score (nSPS) is 19.6. The molecule has 5 heterocycles. The molecule has 11 heteroatoms. The van der Waals surface area contributed by atoms with Gasteiger partial charge < -0.3 is 15.2 Å². The lowest BCUT2D eigenvalue weighted by Gasteiger charge is -2.38. The zero-order valence-electron chi connectivity index (χ0n) is 24.0. The third kappa shape index (κ3) is 4.52. The van der Waals surface area contributed by atoms with Crippen LogP contribution in [0.4, 0.5) is 4.39 Å². The van der Waals surface area contributed by atoms with Crippen LogP contribution in [0, 0.1) is 30.0 Å². The van der Waals surface area contributed by atoms with Crippen LogP contribution in [0.25, 0.3) is 32.9 Å². The van der Waals surface area contributed by atoms with E-state index in [4.69, 9.17) is 28.2 Å². The first kappa shape index (κ1) is 28.7. The van der Waals surface area contributed by atoms with E-state index in [-0.39, 0.29) is 40.8 Å². The number of fused-ring (bicyclic) bond motifs is 4. The highest BCUT2D eigenvalue weighted by molar-refractivity contribution is 6.43. The number of aryl methyl sites for hydroxylation is 2. The van der Waals surface area contributed by atoms with Crippen LogP contribution in [0.3, 0.4) is 0 Å². The van der Waals surface area contributed by atoms with Gasteiger partial charge in [0.15, 0.2) is 5.82 Å². The highest BCUT2D eigenvalue weighted by Crippen LogP contribution is 2.49. The quantitative estimate of drug-likeness (QED) is 0.204. The van der Waals surface area contributed by atoms with Crippen LogP contribution >= 0.6 is 23.2 Å². The zero-order chi connectivity index (χ0) is 30.7. The number of pyridine rings is 1. The van der Waals surface area contributed by atoms with Crippen molar-refractivity contribution in [1.82, 2.24) is 30.2 Å². The van der Waals surface area contributed by atoms with Crippen molar-refractivity contribution in [3.63, 3.8) is 0 Å². The molecule has 2 saturated heterocycles. The first-order valence-corrected chi connectivity index (χ1v) is 15.3. The van der Waals surface area contributed by atoms with Crippen molar-refractivity contribution >= 4 is 50.9 Å². The Labute approximate surface area is 263 Å². The summed E-state index contributed by atoms with van der Waals surface area (Å²) in [5.41, 5.74) is 4.07. The molecule has 2 bridgehead atoms. The number of aromatic nitrogens is 4.